The highest BCUT2D eigenvalue weighted by Crippen LogP contribution is 2.45. The minimum atomic E-state index is -4.94. The van der Waals surface area contributed by atoms with Crippen LogP contribution in [0.2, 0.25) is 0 Å². The molecule has 0 spiro atoms. The van der Waals surface area contributed by atoms with Crippen molar-refractivity contribution in [3.05, 3.63) is 146 Å². The summed E-state index contributed by atoms with van der Waals surface area (Å²) in [6.45, 7) is 2.49. The molecular formula is C93H160O16P2. The Morgan fingerprint density at radius 1 is 0.261 bits per heavy atom. The average molecular weight is 1600 g/mol. The molecule has 0 aliphatic heterocycles. The molecule has 5 unspecified atom stereocenters. The first-order valence-electron chi connectivity index (χ1n) is 44.1. The molecule has 0 aliphatic rings. The van der Waals surface area contributed by atoms with Crippen molar-refractivity contribution < 1.29 is 75.8 Å². The SMILES string of the molecule is CC/C=C\C/C=C\C/C=C\C/C=C\C/C=C\C/C=C\CCCCCCCCCCCCCCCCC(=O)OCC(O)COP(=O)(O)OCC(O)COP(=O)(O)OCC(COC(=O)CCCCCCCCCCCCCCC/C=C\C/C=C\C/C=C\C/C=C\CCCCC)OC(=O)CCCCCCC/C=C\C/C=C\CCC. The Morgan fingerprint density at radius 2 is 0.495 bits per heavy atom. The van der Waals surface area contributed by atoms with Crippen LogP contribution in [0.15, 0.2) is 146 Å². The maximum Gasteiger partial charge on any atom is 0.472 e. The van der Waals surface area contributed by atoms with E-state index in [1.165, 1.54) is 141 Å². The van der Waals surface area contributed by atoms with Gasteiger partial charge in [-0.3, -0.25) is 32.5 Å². The number of rotatable bonds is 83. The molecule has 0 saturated carbocycles. The van der Waals surface area contributed by atoms with Crippen LogP contribution in [0.3, 0.4) is 0 Å². The van der Waals surface area contributed by atoms with E-state index in [9.17, 15) is 43.5 Å². The summed E-state index contributed by atoms with van der Waals surface area (Å²) in [5.74, 6) is -1.58. The van der Waals surface area contributed by atoms with Gasteiger partial charge in [-0.1, -0.05) is 353 Å². The normalized spacial score (nSPS) is 14.5. The van der Waals surface area contributed by atoms with Crippen molar-refractivity contribution in [2.24, 2.45) is 0 Å². The molecule has 111 heavy (non-hydrogen) atoms. The molecule has 0 aliphatic carbocycles. The van der Waals surface area contributed by atoms with Crippen molar-refractivity contribution in [1.82, 2.24) is 0 Å². The second-order valence-electron chi connectivity index (χ2n) is 29.3. The smallest absolute Gasteiger partial charge is 0.463 e. The molecule has 0 aromatic heterocycles. The number of aliphatic hydroxyl groups is 2. The fraction of sp³-hybridized carbons (Fsp3) is 0.710. The number of hydrogen-bond acceptors (Lipinski definition) is 14. The summed E-state index contributed by atoms with van der Waals surface area (Å²) in [6, 6.07) is 0. The maximum absolute atomic E-state index is 13.0. The van der Waals surface area contributed by atoms with Crippen LogP contribution in [0, 0.1) is 0 Å². The minimum Gasteiger partial charge on any atom is -0.463 e. The predicted molar refractivity (Wildman–Crippen MR) is 463 cm³/mol. The number of carbonyl (C=O) groups is 3. The Balaban J connectivity index is 4.42. The minimum absolute atomic E-state index is 0.0869. The van der Waals surface area contributed by atoms with Crippen molar-refractivity contribution in [2.45, 2.75) is 386 Å². The summed E-state index contributed by atoms with van der Waals surface area (Å²) in [4.78, 5) is 58.8. The Kier molecular flexibility index (Phi) is 81.3. The summed E-state index contributed by atoms with van der Waals surface area (Å²) in [5.41, 5.74) is 0. The van der Waals surface area contributed by atoms with Gasteiger partial charge in [0.05, 0.1) is 26.4 Å². The zero-order valence-electron chi connectivity index (χ0n) is 70.1. The highest BCUT2D eigenvalue weighted by Gasteiger charge is 2.29. The van der Waals surface area contributed by atoms with E-state index in [1.807, 2.05) is 0 Å². The molecule has 0 aromatic rings. The van der Waals surface area contributed by atoms with E-state index >= 15 is 0 Å². The first-order valence-corrected chi connectivity index (χ1v) is 47.1. The number of aliphatic hydroxyl groups excluding tert-OH is 2. The van der Waals surface area contributed by atoms with Gasteiger partial charge in [-0.15, -0.1) is 0 Å². The number of ether oxygens (including phenoxy) is 3. The van der Waals surface area contributed by atoms with Crippen molar-refractivity contribution in [1.29, 1.82) is 0 Å². The van der Waals surface area contributed by atoms with Gasteiger partial charge >= 0.3 is 33.6 Å². The second-order valence-corrected chi connectivity index (χ2v) is 32.2. The van der Waals surface area contributed by atoms with E-state index in [0.717, 1.165) is 167 Å². The third-order valence-corrected chi connectivity index (χ3v) is 20.4. The molecule has 0 rings (SSSR count). The number of unbranched alkanes of at least 4 members (excludes halogenated alkanes) is 36. The lowest BCUT2D eigenvalue weighted by Gasteiger charge is -2.21. The van der Waals surface area contributed by atoms with Gasteiger partial charge in [0.1, 0.15) is 25.4 Å². The summed E-state index contributed by atoms with van der Waals surface area (Å²) in [6.07, 6.45) is 106. The molecule has 5 atom stereocenters. The lowest BCUT2D eigenvalue weighted by Crippen LogP contribution is -2.30. The van der Waals surface area contributed by atoms with Crippen molar-refractivity contribution >= 4 is 33.6 Å². The largest absolute Gasteiger partial charge is 0.472 e. The summed E-state index contributed by atoms with van der Waals surface area (Å²) < 4.78 is 61.3. The van der Waals surface area contributed by atoms with Gasteiger partial charge in [-0.25, -0.2) is 9.13 Å². The zero-order valence-corrected chi connectivity index (χ0v) is 71.9. The molecule has 0 aromatic carbocycles. The summed E-state index contributed by atoms with van der Waals surface area (Å²) >= 11 is 0. The Bertz CT molecular complexity index is 2600. The third-order valence-electron chi connectivity index (χ3n) is 18.5. The molecule has 4 N–H and O–H groups in total. The van der Waals surface area contributed by atoms with E-state index in [-0.39, 0.29) is 19.3 Å². The zero-order chi connectivity index (χ0) is 80.8. The number of phosphoric acid groups is 2. The van der Waals surface area contributed by atoms with Gasteiger partial charge in [0, 0.05) is 19.3 Å². The van der Waals surface area contributed by atoms with Crippen LogP contribution in [0.4, 0.5) is 0 Å². The molecule has 0 heterocycles. The van der Waals surface area contributed by atoms with Crippen LogP contribution in [0.5, 0.6) is 0 Å². The highest BCUT2D eigenvalue weighted by atomic mass is 31.2. The fourth-order valence-electron chi connectivity index (χ4n) is 11.8. The number of esters is 3. The highest BCUT2D eigenvalue weighted by molar-refractivity contribution is 7.47. The van der Waals surface area contributed by atoms with E-state index in [4.69, 9.17) is 32.3 Å². The quantitative estimate of drug-likeness (QED) is 0.0146. The van der Waals surface area contributed by atoms with Crippen LogP contribution in [-0.4, -0.2) is 95.9 Å². The Hall–Kier alpha value is -4.57. The van der Waals surface area contributed by atoms with Gasteiger partial charge in [0.2, 0.25) is 0 Å². The van der Waals surface area contributed by atoms with Crippen LogP contribution in [0.25, 0.3) is 0 Å². The first-order chi connectivity index (χ1) is 54.2. The molecule has 0 amide bonds. The van der Waals surface area contributed by atoms with Crippen LogP contribution in [-0.2, 0) is 55.8 Å². The van der Waals surface area contributed by atoms with Crippen LogP contribution < -0.4 is 0 Å². The monoisotopic (exact) mass is 1600 g/mol. The third kappa shape index (κ3) is 86.1. The van der Waals surface area contributed by atoms with Gasteiger partial charge < -0.3 is 34.2 Å². The predicted octanol–water partition coefficient (Wildman–Crippen LogP) is 26.8. The fourth-order valence-corrected chi connectivity index (χ4v) is 13.4. The van der Waals surface area contributed by atoms with E-state index < -0.39 is 91.5 Å². The maximum atomic E-state index is 13.0. The first kappa shape index (κ1) is 106. The molecule has 0 fully saturated rings. The molecule has 0 radical (unpaired) electrons. The number of allylic oxidation sites excluding steroid dienone is 24. The van der Waals surface area contributed by atoms with Gasteiger partial charge in [-0.05, 0) is 141 Å². The molecule has 638 valence electrons. The van der Waals surface area contributed by atoms with E-state index in [0.29, 0.717) is 19.3 Å². The molecular weight excluding hydrogens is 1430 g/mol. The van der Waals surface area contributed by atoms with E-state index in [2.05, 4.69) is 167 Å². The second kappa shape index (κ2) is 84.8. The summed E-state index contributed by atoms with van der Waals surface area (Å²) in [7, 11) is -9.80. The van der Waals surface area contributed by atoms with Gasteiger partial charge in [0.15, 0.2) is 6.10 Å². The van der Waals surface area contributed by atoms with Crippen molar-refractivity contribution in [2.75, 3.05) is 39.6 Å². The number of carbonyl (C=O) groups excluding carboxylic acids is 3. The topological polar surface area (TPSA) is 231 Å². The lowest BCUT2D eigenvalue weighted by molar-refractivity contribution is -0.161. The Labute approximate surface area is 677 Å². The molecule has 18 heteroatoms. The summed E-state index contributed by atoms with van der Waals surface area (Å²) in [5, 5.41) is 20.7. The lowest BCUT2D eigenvalue weighted by atomic mass is 10.0. The Morgan fingerprint density at radius 3 is 0.793 bits per heavy atom. The molecule has 0 saturated heterocycles. The average Bonchev–Trinajstić information content (AvgIpc) is 0.978. The van der Waals surface area contributed by atoms with Crippen LogP contribution in [0.1, 0.15) is 367 Å². The standard InChI is InChI=1S/C93H160O16P2/c1-4-7-10-13-16-19-22-25-27-29-31-33-35-37-39-41-42-43-44-46-48-49-51-53-55-57-59-62-64-67-70-73-76-79-91(96)103-82-88(94)83-105-110(99,100)106-84-89(95)85-107-111(101,102)108-87-90(109-93(98)81-78-75-72-69-66-61-24-21-18-15-12-9-6-3)86-104-92(97)80-77-74-71-68-65-63-60-58-56-54-52-50-47-45-40-38-36-34-32-30-28-26-23-20-17-14-11-8-5-2/h7,10,12,15-17,19-21,24-28,31-34,37-40,42-43,88-90,94-95H,4-6,8-9,11,13-14,18,22-23,29-30,35-36,41,44-87H2,1-3H3,(H,99,100)(H,101,102)/b10-7-,15-12-,19-16-,20-17-,24-21-,27-25-,28-26-,33-31-,34-32-,39-37-,40-38-,43-42-. The number of hydrogen-bond donors (Lipinski definition) is 4. The number of phosphoric ester groups is 2. The molecule has 0 bridgehead atoms. The van der Waals surface area contributed by atoms with Crippen molar-refractivity contribution in [3.8, 4) is 0 Å². The molecule has 16 nitrogen and oxygen atoms in total. The van der Waals surface area contributed by atoms with Crippen LogP contribution >= 0.6 is 15.6 Å². The van der Waals surface area contributed by atoms with Gasteiger partial charge in [0.25, 0.3) is 0 Å². The van der Waals surface area contributed by atoms with E-state index in [1.54, 1.807) is 0 Å². The van der Waals surface area contributed by atoms with Crippen molar-refractivity contribution in [3.63, 3.8) is 0 Å². The van der Waals surface area contributed by atoms with Gasteiger partial charge in [-0.2, -0.15) is 0 Å².